The third-order valence-electron chi connectivity index (χ3n) is 2.22. The van der Waals surface area contributed by atoms with Crippen molar-refractivity contribution < 1.29 is 17.9 Å². The smallest absolute Gasteiger partial charge is 0.410 e. The number of halogens is 4. The summed E-state index contributed by atoms with van der Waals surface area (Å²) in [5.74, 6) is -0.00639. The van der Waals surface area contributed by atoms with E-state index in [1.807, 2.05) is 6.92 Å². The summed E-state index contributed by atoms with van der Waals surface area (Å²) in [5, 5.41) is 0. The van der Waals surface area contributed by atoms with Crippen LogP contribution in [-0.2, 0) is 4.74 Å². The van der Waals surface area contributed by atoms with Gasteiger partial charge in [-0.3, -0.25) is 4.99 Å². The van der Waals surface area contributed by atoms with Gasteiger partial charge in [-0.1, -0.05) is 24.6 Å². The van der Waals surface area contributed by atoms with Crippen molar-refractivity contribution in [1.82, 2.24) is 0 Å². The number of alkyl halides is 3. The minimum Gasteiger partial charge on any atom is -0.410 e. The van der Waals surface area contributed by atoms with Crippen molar-refractivity contribution in [3.05, 3.63) is 34.0 Å². The van der Waals surface area contributed by atoms with Crippen LogP contribution in [0, 0.1) is 0 Å². The summed E-state index contributed by atoms with van der Waals surface area (Å²) in [6.07, 6.45) is 4.33. The second-order valence-electron chi connectivity index (χ2n) is 4.08. The van der Waals surface area contributed by atoms with E-state index in [-0.39, 0.29) is 5.76 Å². The predicted octanol–water partition coefficient (Wildman–Crippen LogP) is 5.52. The lowest BCUT2D eigenvalue weighted by Gasteiger charge is -2.14. The number of nitrogens with zero attached hydrogens (tertiary/aromatic N) is 1. The van der Waals surface area contributed by atoms with Crippen molar-refractivity contribution in [3.8, 4) is 0 Å². The summed E-state index contributed by atoms with van der Waals surface area (Å²) in [5.41, 5.74) is 1.07. The van der Waals surface area contributed by atoms with Crippen LogP contribution in [-0.4, -0.2) is 19.6 Å². The summed E-state index contributed by atoms with van der Waals surface area (Å²) in [4.78, 5) is 3.81. The van der Waals surface area contributed by atoms with E-state index < -0.39 is 6.36 Å². The van der Waals surface area contributed by atoms with Gasteiger partial charge in [-0.15, -0.1) is 13.2 Å². The fourth-order valence-electron chi connectivity index (χ4n) is 1.33. The van der Waals surface area contributed by atoms with Gasteiger partial charge in [-0.05, 0) is 41.8 Å². The van der Waals surface area contributed by atoms with E-state index in [2.05, 4.69) is 38.7 Å². The van der Waals surface area contributed by atoms with Gasteiger partial charge in [0.2, 0.25) is 0 Å². The maximum Gasteiger partial charge on any atom is 0.572 e. The van der Waals surface area contributed by atoms with Crippen LogP contribution in [0.15, 0.2) is 39.0 Å². The standard InChI is InChI=1S/C8H9F3O.C6H10BrN/c1-6-2-4-7(5-3-6)12-8(9,10)11;1-3-4-6(7)5-8-2/h2,4H,3,5H2,1H3;4-5H,3H2,1-2H3/b;6-4+,8-5?. The highest BCUT2D eigenvalue weighted by atomic mass is 79.9. The monoisotopic (exact) mass is 353 g/mol. The SMILES string of the molecule is CC/C=C(/Br)C=NC.CC1=CC=C(OC(F)(F)F)CC1. The number of ether oxygens (including phenoxy) is 1. The van der Waals surface area contributed by atoms with Gasteiger partial charge in [0.1, 0.15) is 5.76 Å². The second-order valence-corrected chi connectivity index (χ2v) is 4.99. The first-order chi connectivity index (χ1) is 9.28. The van der Waals surface area contributed by atoms with Crippen LogP contribution in [0.4, 0.5) is 13.2 Å². The molecule has 0 aliphatic heterocycles. The molecule has 2 nitrogen and oxygen atoms in total. The Morgan fingerprint density at radius 3 is 2.45 bits per heavy atom. The molecule has 0 aromatic rings. The fourth-order valence-corrected chi connectivity index (χ4v) is 1.86. The Balaban J connectivity index is 0.000000396. The zero-order valence-electron chi connectivity index (χ0n) is 11.8. The van der Waals surface area contributed by atoms with E-state index in [0.717, 1.165) is 16.5 Å². The van der Waals surface area contributed by atoms with Gasteiger partial charge in [0.05, 0.1) is 0 Å². The average Bonchev–Trinajstić information content (AvgIpc) is 2.32. The Bertz CT molecular complexity index is 409. The molecule has 0 radical (unpaired) electrons. The Morgan fingerprint density at radius 1 is 1.40 bits per heavy atom. The third kappa shape index (κ3) is 10.8. The van der Waals surface area contributed by atoms with Crippen molar-refractivity contribution >= 4 is 22.1 Å². The molecule has 1 aliphatic carbocycles. The number of hydrogen-bond donors (Lipinski definition) is 0. The summed E-state index contributed by atoms with van der Waals surface area (Å²) in [6.45, 7) is 3.96. The quantitative estimate of drug-likeness (QED) is 0.612. The molecule has 1 rings (SSSR count). The first kappa shape index (κ1) is 19.0. The van der Waals surface area contributed by atoms with E-state index in [9.17, 15) is 13.2 Å². The molecule has 6 heteroatoms. The number of aliphatic imine (C=N–C) groups is 1. The molecule has 0 heterocycles. The van der Waals surface area contributed by atoms with E-state index >= 15 is 0 Å². The molecular formula is C14H19BrF3NO. The predicted molar refractivity (Wildman–Crippen MR) is 79.9 cm³/mol. The number of allylic oxidation sites excluding steroid dienone is 6. The minimum absolute atomic E-state index is 0.00639. The second kappa shape index (κ2) is 9.80. The zero-order chi connectivity index (χ0) is 15.6. The molecule has 0 saturated heterocycles. The van der Waals surface area contributed by atoms with Crippen LogP contribution >= 0.6 is 15.9 Å². The van der Waals surface area contributed by atoms with Gasteiger partial charge in [0, 0.05) is 24.2 Å². The lowest BCUT2D eigenvalue weighted by atomic mass is 10.1. The molecule has 0 N–H and O–H groups in total. The summed E-state index contributed by atoms with van der Waals surface area (Å²) in [6, 6.07) is 0. The summed E-state index contributed by atoms with van der Waals surface area (Å²) < 4.78 is 39.8. The van der Waals surface area contributed by atoms with Crippen LogP contribution in [0.25, 0.3) is 0 Å². The van der Waals surface area contributed by atoms with E-state index in [0.29, 0.717) is 12.8 Å². The van der Waals surface area contributed by atoms with E-state index in [4.69, 9.17) is 0 Å². The molecule has 0 unspecified atom stereocenters. The first-order valence-corrected chi connectivity index (χ1v) is 6.97. The lowest BCUT2D eigenvalue weighted by molar-refractivity contribution is -0.306. The van der Waals surface area contributed by atoms with Crippen molar-refractivity contribution in [2.75, 3.05) is 7.05 Å². The molecule has 0 spiro atoms. The van der Waals surface area contributed by atoms with E-state index in [1.165, 1.54) is 6.08 Å². The van der Waals surface area contributed by atoms with Crippen LogP contribution < -0.4 is 0 Å². The van der Waals surface area contributed by atoms with Crippen molar-refractivity contribution in [3.63, 3.8) is 0 Å². The highest BCUT2D eigenvalue weighted by molar-refractivity contribution is 9.12. The molecule has 0 atom stereocenters. The summed E-state index contributed by atoms with van der Waals surface area (Å²) in [7, 11) is 1.75. The van der Waals surface area contributed by atoms with Crippen molar-refractivity contribution in [2.45, 2.75) is 39.5 Å². The van der Waals surface area contributed by atoms with Gasteiger partial charge >= 0.3 is 6.36 Å². The number of hydrogen-bond acceptors (Lipinski definition) is 2. The van der Waals surface area contributed by atoms with Crippen LogP contribution in [0.5, 0.6) is 0 Å². The Kier molecular flexibility index (Phi) is 9.29. The Labute approximate surface area is 126 Å². The van der Waals surface area contributed by atoms with Crippen molar-refractivity contribution in [2.24, 2.45) is 4.99 Å². The van der Waals surface area contributed by atoms with Crippen LogP contribution in [0.2, 0.25) is 0 Å². The molecule has 0 bridgehead atoms. The maximum absolute atomic E-state index is 11.7. The maximum atomic E-state index is 11.7. The number of rotatable bonds is 3. The molecular weight excluding hydrogens is 335 g/mol. The van der Waals surface area contributed by atoms with Gasteiger partial charge in [0.15, 0.2) is 0 Å². The highest BCUT2D eigenvalue weighted by Crippen LogP contribution is 2.26. The van der Waals surface area contributed by atoms with Gasteiger partial charge in [-0.2, -0.15) is 0 Å². The largest absolute Gasteiger partial charge is 0.572 e. The molecule has 0 fully saturated rings. The van der Waals surface area contributed by atoms with Crippen LogP contribution in [0.1, 0.15) is 33.1 Å². The molecule has 0 amide bonds. The fraction of sp³-hybridized carbons (Fsp3) is 0.500. The van der Waals surface area contributed by atoms with Gasteiger partial charge in [0.25, 0.3) is 0 Å². The average molecular weight is 354 g/mol. The topological polar surface area (TPSA) is 21.6 Å². The van der Waals surface area contributed by atoms with Gasteiger partial charge in [-0.25, -0.2) is 0 Å². The molecule has 0 aromatic carbocycles. The molecule has 114 valence electrons. The van der Waals surface area contributed by atoms with Crippen LogP contribution in [0.3, 0.4) is 0 Å². The minimum atomic E-state index is -4.55. The Hall–Kier alpha value is -1.04. The van der Waals surface area contributed by atoms with Crippen molar-refractivity contribution in [1.29, 1.82) is 0 Å². The lowest BCUT2D eigenvalue weighted by Crippen LogP contribution is -2.13. The zero-order valence-corrected chi connectivity index (χ0v) is 13.4. The normalized spacial score (nSPS) is 16.2. The molecule has 20 heavy (non-hydrogen) atoms. The first-order valence-electron chi connectivity index (χ1n) is 6.18. The highest BCUT2D eigenvalue weighted by Gasteiger charge is 2.32. The summed E-state index contributed by atoms with van der Waals surface area (Å²) >= 11 is 3.31. The van der Waals surface area contributed by atoms with Gasteiger partial charge < -0.3 is 4.74 Å². The molecule has 0 aromatic heterocycles. The Morgan fingerprint density at radius 2 is 2.05 bits per heavy atom. The third-order valence-corrected chi connectivity index (χ3v) is 2.75. The van der Waals surface area contributed by atoms with E-state index in [1.54, 1.807) is 19.3 Å². The molecule has 1 aliphatic rings. The molecule has 0 saturated carbocycles.